The maximum absolute atomic E-state index is 12.1. The first kappa shape index (κ1) is 12.6. The number of halogens is 1. The van der Waals surface area contributed by atoms with Gasteiger partial charge >= 0.3 is 0 Å². The van der Waals surface area contributed by atoms with Gasteiger partial charge in [0.05, 0.1) is 5.52 Å². The van der Waals surface area contributed by atoms with Crippen molar-refractivity contribution in [2.75, 3.05) is 5.32 Å². The van der Waals surface area contributed by atoms with Gasteiger partial charge in [-0.25, -0.2) is 0 Å². The average Bonchev–Trinajstić information content (AvgIpc) is 2.47. The molecule has 1 heterocycles. The summed E-state index contributed by atoms with van der Waals surface area (Å²) in [6.07, 6.45) is 1.74. The number of carbonyl (C=O) groups is 1. The summed E-state index contributed by atoms with van der Waals surface area (Å²) in [5.41, 5.74) is 2.16. The van der Waals surface area contributed by atoms with Crippen molar-refractivity contribution in [2.24, 2.45) is 0 Å². The number of aromatic nitrogens is 1. The fraction of sp³-hybridized carbons (Fsp3) is 0. The lowest BCUT2D eigenvalue weighted by Gasteiger charge is -2.06. The first-order valence-corrected chi connectivity index (χ1v) is 6.52. The molecular formula is C16H11ClN2O. The van der Waals surface area contributed by atoms with Crippen molar-refractivity contribution in [3.63, 3.8) is 0 Å². The lowest BCUT2D eigenvalue weighted by molar-refractivity contribution is 0.102. The summed E-state index contributed by atoms with van der Waals surface area (Å²) in [6, 6.07) is 16.3. The zero-order valence-corrected chi connectivity index (χ0v) is 11.3. The predicted octanol–water partition coefficient (Wildman–Crippen LogP) is 4.14. The van der Waals surface area contributed by atoms with Gasteiger partial charge in [-0.1, -0.05) is 23.7 Å². The summed E-state index contributed by atoms with van der Waals surface area (Å²) < 4.78 is 0. The fourth-order valence-electron chi connectivity index (χ4n) is 1.99. The third kappa shape index (κ3) is 2.63. The van der Waals surface area contributed by atoms with Crippen molar-refractivity contribution in [1.29, 1.82) is 0 Å². The number of pyridine rings is 1. The van der Waals surface area contributed by atoms with Gasteiger partial charge in [-0.2, -0.15) is 0 Å². The Morgan fingerprint density at radius 1 is 1.05 bits per heavy atom. The molecule has 0 aliphatic heterocycles. The number of carbonyl (C=O) groups excluding carboxylic acids is 1. The summed E-state index contributed by atoms with van der Waals surface area (Å²) in [5, 5.41) is 4.38. The van der Waals surface area contributed by atoms with Gasteiger partial charge in [0, 0.05) is 27.9 Å². The molecule has 0 saturated heterocycles. The zero-order valence-electron chi connectivity index (χ0n) is 10.5. The highest BCUT2D eigenvalue weighted by atomic mass is 35.5. The van der Waals surface area contributed by atoms with Gasteiger partial charge in [0.15, 0.2) is 0 Å². The molecular weight excluding hydrogens is 272 g/mol. The highest BCUT2D eigenvalue weighted by Crippen LogP contribution is 2.18. The van der Waals surface area contributed by atoms with Crippen LogP contribution in [0, 0.1) is 0 Å². The van der Waals surface area contributed by atoms with E-state index in [1.54, 1.807) is 30.5 Å². The number of rotatable bonds is 2. The number of nitrogens with zero attached hydrogens (tertiary/aromatic N) is 1. The van der Waals surface area contributed by atoms with Crippen LogP contribution in [0.1, 0.15) is 10.4 Å². The quantitative estimate of drug-likeness (QED) is 0.767. The number of anilines is 1. The number of hydrogen-bond acceptors (Lipinski definition) is 2. The van der Waals surface area contributed by atoms with Crippen molar-refractivity contribution in [1.82, 2.24) is 4.98 Å². The van der Waals surface area contributed by atoms with Crippen LogP contribution in [0.2, 0.25) is 5.02 Å². The molecule has 0 bridgehead atoms. The summed E-state index contributed by atoms with van der Waals surface area (Å²) >= 11 is 5.88. The first-order valence-electron chi connectivity index (χ1n) is 6.14. The van der Waals surface area contributed by atoms with E-state index in [9.17, 15) is 4.79 Å². The van der Waals surface area contributed by atoms with Crippen LogP contribution in [-0.2, 0) is 0 Å². The largest absolute Gasteiger partial charge is 0.322 e. The van der Waals surface area contributed by atoms with E-state index in [0.29, 0.717) is 10.6 Å². The van der Waals surface area contributed by atoms with E-state index in [2.05, 4.69) is 10.3 Å². The van der Waals surface area contributed by atoms with Crippen molar-refractivity contribution in [3.8, 4) is 0 Å². The number of hydrogen-bond donors (Lipinski definition) is 1. The van der Waals surface area contributed by atoms with E-state index < -0.39 is 0 Å². The van der Waals surface area contributed by atoms with Crippen LogP contribution in [-0.4, -0.2) is 10.9 Å². The zero-order chi connectivity index (χ0) is 13.9. The lowest BCUT2D eigenvalue weighted by atomic mass is 10.1. The summed E-state index contributed by atoms with van der Waals surface area (Å²) in [5.74, 6) is -0.184. The Bertz CT molecular complexity index is 786. The second-order valence-electron chi connectivity index (χ2n) is 4.38. The molecule has 0 aliphatic carbocycles. The molecule has 98 valence electrons. The molecule has 0 saturated carbocycles. The molecule has 3 nitrogen and oxygen atoms in total. The Kier molecular flexibility index (Phi) is 3.35. The van der Waals surface area contributed by atoms with Crippen molar-refractivity contribution >= 4 is 34.1 Å². The van der Waals surface area contributed by atoms with Crippen LogP contribution >= 0.6 is 11.6 Å². The van der Waals surface area contributed by atoms with Gasteiger partial charge in [-0.05, 0) is 42.5 Å². The van der Waals surface area contributed by atoms with Crippen LogP contribution in [0.25, 0.3) is 10.9 Å². The number of nitrogens with one attached hydrogen (secondary N) is 1. The third-order valence-corrected chi connectivity index (χ3v) is 3.18. The summed E-state index contributed by atoms with van der Waals surface area (Å²) in [4.78, 5) is 16.4. The molecule has 0 atom stereocenters. The molecule has 20 heavy (non-hydrogen) atoms. The fourth-order valence-corrected chi connectivity index (χ4v) is 2.18. The third-order valence-electron chi connectivity index (χ3n) is 2.95. The van der Waals surface area contributed by atoms with Crippen LogP contribution in [0.3, 0.4) is 0 Å². The highest BCUT2D eigenvalue weighted by Gasteiger charge is 2.06. The highest BCUT2D eigenvalue weighted by molar-refractivity contribution is 6.31. The van der Waals surface area contributed by atoms with Crippen LogP contribution in [0.15, 0.2) is 60.8 Å². The van der Waals surface area contributed by atoms with Crippen molar-refractivity contribution < 1.29 is 4.79 Å². The van der Waals surface area contributed by atoms with E-state index in [1.807, 2.05) is 30.3 Å². The van der Waals surface area contributed by atoms with Gasteiger partial charge in [-0.15, -0.1) is 0 Å². The maximum atomic E-state index is 12.1. The van der Waals surface area contributed by atoms with Crippen molar-refractivity contribution in [3.05, 3.63) is 71.4 Å². The van der Waals surface area contributed by atoms with E-state index in [-0.39, 0.29) is 5.91 Å². The van der Waals surface area contributed by atoms with E-state index >= 15 is 0 Å². The SMILES string of the molecule is O=C(Nc1ccc2ncccc2c1)c1cccc(Cl)c1. The van der Waals surface area contributed by atoms with E-state index in [0.717, 1.165) is 16.6 Å². The Balaban J connectivity index is 1.87. The minimum Gasteiger partial charge on any atom is -0.322 e. The molecule has 1 amide bonds. The molecule has 3 aromatic rings. The molecule has 0 radical (unpaired) electrons. The smallest absolute Gasteiger partial charge is 0.255 e. The molecule has 4 heteroatoms. The van der Waals surface area contributed by atoms with Crippen LogP contribution in [0.4, 0.5) is 5.69 Å². The van der Waals surface area contributed by atoms with E-state index in [4.69, 9.17) is 11.6 Å². The number of benzene rings is 2. The molecule has 0 spiro atoms. The molecule has 1 N–H and O–H groups in total. The summed E-state index contributed by atoms with van der Waals surface area (Å²) in [7, 11) is 0. The molecule has 0 unspecified atom stereocenters. The van der Waals surface area contributed by atoms with Crippen LogP contribution in [0.5, 0.6) is 0 Å². The monoisotopic (exact) mass is 282 g/mol. The van der Waals surface area contributed by atoms with Gasteiger partial charge in [0.1, 0.15) is 0 Å². The standard InChI is InChI=1S/C16H11ClN2O/c17-13-5-1-3-12(9-13)16(20)19-14-6-7-15-11(10-14)4-2-8-18-15/h1-10H,(H,19,20). The normalized spacial score (nSPS) is 10.4. The van der Waals surface area contributed by atoms with E-state index in [1.165, 1.54) is 0 Å². The van der Waals surface area contributed by atoms with Crippen LogP contribution < -0.4 is 5.32 Å². The molecule has 0 aliphatic rings. The first-order chi connectivity index (χ1) is 9.72. The maximum Gasteiger partial charge on any atom is 0.255 e. The molecule has 2 aromatic carbocycles. The average molecular weight is 283 g/mol. The summed E-state index contributed by atoms with van der Waals surface area (Å²) in [6.45, 7) is 0. The molecule has 0 fully saturated rings. The van der Waals surface area contributed by atoms with Gasteiger partial charge in [-0.3, -0.25) is 9.78 Å². The topological polar surface area (TPSA) is 42.0 Å². The van der Waals surface area contributed by atoms with Gasteiger partial charge in [0.25, 0.3) is 5.91 Å². The Morgan fingerprint density at radius 2 is 1.95 bits per heavy atom. The lowest BCUT2D eigenvalue weighted by Crippen LogP contribution is -2.11. The minimum absolute atomic E-state index is 0.184. The Hall–Kier alpha value is -2.39. The Morgan fingerprint density at radius 3 is 2.80 bits per heavy atom. The van der Waals surface area contributed by atoms with Crippen molar-refractivity contribution in [2.45, 2.75) is 0 Å². The minimum atomic E-state index is -0.184. The van der Waals surface area contributed by atoms with Gasteiger partial charge < -0.3 is 5.32 Å². The number of fused-ring (bicyclic) bond motifs is 1. The second-order valence-corrected chi connectivity index (χ2v) is 4.81. The Labute approximate surface area is 121 Å². The predicted molar refractivity (Wildman–Crippen MR) is 81.1 cm³/mol. The molecule has 3 rings (SSSR count). The molecule has 1 aromatic heterocycles. The second kappa shape index (κ2) is 5.31. The number of amides is 1. The van der Waals surface area contributed by atoms with Gasteiger partial charge in [0.2, 0.25) is 0 Å².